The molecule has 0 amide bonds. The standard InChI is InChI=1S/C12H12N4OS2/c1-12(2)10(16-17)18-11(19-12)15-14-9-5-3-8(7-13)4-6-9/h3-6,14,17H,1-2H3. The number of hydrogen-bond acceptors (Lipinski definition) is 7. The Labute approximate surface area is 119 Å². The number of rotatable bonds is 2. The van der Waals surface area contributed by atoms with Gasteiger partial charge in [0.25, 0.3) is 0 Å². The number of nitrogens with zero attached hydrogens (tertiary/aromatic N) is 3. The van der Waals surface area contributed by atoms with E-state index in [4.69, 9.17) is 10.5 Å². The fourth-order valence-corrected chi connectivity index (χ4v) is 3.88. The fourth-order valence-electron chi connectivity index (χ4n) is 1.40. The zero-order valence-corrected chi connectivity index (χ0v) is 12.0. The lowest BCUT2D eigenvalue weighted by Gasteiger charge is -2.12. The van der Waals surface area contributed by atoms with Gasteiger partial charge in [-0.05, 0) is 49.9 Å². The minimum Gasteiger partial charge on any atom is -0.410 e. The summed E-state index contributed by atoms with van der Waals surface area (Å²) in [6, 6.07) is 9.09. The van der Waals surface area contributed by atoms with Crippen molar-refractivity contribution in [3.8, 4) is 6.07 Å². The zero-order chi connectivity index (χ0) is 13.9. The first-order chi connectivity index (χ1) is 9.05. The lowest BCUT2D eigenvalue weighted by Crippen LogP contribution is -2.19. The molecule has 0 radical (unpaired) electrons. The Kier molecular flexibility index (Phi) is 4.02. The minimum absolute atomic E-state index is 0.259. The van der Waals surface area contributed by atoms with Crippen LogP contribution in [0.1, 0.15) is 19.4 Å². The van der Waals surface area contributed by atoms with Crippen LogP contribution in [0.25, 0.3) is 0 Å². The van der Waals surface area contributed by atoms with Gasteiger partial charge in [0.15, 0.2) is 4.38 Å². The van der Waals surface area contributed by atoms with Crippen molar-refractivity contribution in [3.05, 3.63) is 29.8 Å². The van der Waals surface area contributed by atoms with Gasteiger partial charge in [-0.2, -0.15) is 10.4 Å². The molecule has 7 heteroatoms. The molecule has 1 heterocycles. The van der Waals surface area contributed by atoms with E-state index in [-0.39, 0.29) is 4.75 Å². The molecule has 0 unspecified atom stereocenters. The van der Waals surface area contributed by atoms with E-state index in [1.807, 2.05) is 13.8 Å². The molecule has 1 saturated heterocycles. The highest BCUT2D eigenvalue weighted by Crippen LogP contribution is 2.43. The van der Waals surface area contributed by atoms with E-state index in [0.29, 0.717) is 10.6 Å². The molecule has 5 nitrogen and oxygen atoms in total. The molecular weight excluding hydrogens is 280 g/mol. The number of hydrogen-bond donors (Lipinski definition) is 2. The molecular formula is C12H12N4OS2. The van der Waals surface area contributed by atoms with Gasteiger partial charge in [0.2, 0.25) is 0 Å². The summed E-state index contributed by atoms with van der Waals surface area (Å²) in [6.45, 7) is 3.95. The van der Waals surface area contributed by atoms with Crippen molar-refractivity contribution in [1.82, 2.24) is 0 Å². The summed E-state index contributed by atoms with van der Waals surface area (Å²) in [7, 11) is 0. The number of oxime groups is 1. The summed E-state index contributed by atoms with van der Waals surface area (Å²) < 4.78 is 0.534. The largest absolute Gasteiger partial charge is 0.410 e. The van der Waals surface area contributed by atoms with Crippen molar-refractivity contribution in [3.63, 3.8) is 0 Å². The zero-order valence-electron chi connectivity index (χ0n) is 10.4. The molecule has 1 aliphatic rings. The summed E-state index contributed by atoms with van der Waals surface area (Å²) in [5, 5.41) is 25.8. The van der Waals surface area contributed by atoms with Crippen molar-refractivity contribution in [2.45, 2.75) is 18.6 Å². The van der Waals surface area contributed by atoms with Gasteiger partial charge in [0.1, 0.15) is 5.04 Å². The third kappa shape index (κ3) is 3.22. The summed E-state index contributed by atoms with van der Waals surface area (Å²) >= 11 is 2.88. The van der Waals surface area contributed by atoms with Crippen LogP contribution in [-0.2, 0) is 0 Å². The van der Waals surface area contributed by atoms with Gasteiger partial charge in [-0.1, -0.05) is 16.9 Å². The van der Waals surface area contributed by atoms with Crippen molar-refractivity contribution in [2.24, 2.45) is 10.3 Å². The second kappa shape index (κ2) is 5.55. The van der Waals surface area contributed by atoms with Crippen LogP contribution in [0.15, 0.2) is 34.5 Å². The summed E-state index contributed by atoms with van der Waals surface area (Å²) in [5.74, 6) is 0. The molecule has 0 spiro atoms. The molecule has 0 aliphatic carbocycles. The van der Waals surface area contributed by atoms with Gasteiger partial charge >= 0.3 is 0 Å². The predicted molar refractivity (Wildman–Crippen MR) is 80.7 cm³/mol. The number of anilines is 1. The van der Waals surface area contributed by atoms with Gasteiger partial charge in [-0.3, -0.25) is 5.43 Å². The number of hydrazone groups is 1. The minimum atomic E-state index is -0.259. The van der Waals surface area contributed by atoms with Crippen molar-refractivity contribution in [2.75, 3.05) is 5.43 Å². The first kappa shape index (κ1) is 13.8. The van der Waals surface area contributed by atoms with Crippen LogP contribution in [0.5, 0.6) is 0 Å². The quantitative estimate of drug-likeness (QED) is 0.646. The summed E-state index contributed by atoms with van der Waals surface area (Å²) in [6.07, 6.45) is 0. The van der Waals surface area contributed by atoms with Crippen LogP contribution in [0.2, 0.25) is 0 Å². The maximum Gasteiger partial charge on any atom is 0.157 e. The molecule has 1 aliphatic heterocycles. The van der Waals surface area contributed by atoms with Crippen LogP contribution in [-0.4, -0.2) is 19.4 Å². The molecule has 0 bridgehead atoms. The molecule has 1 aromatic rings. The third-order valence-electron chi connectivity index (χ3n) is 2.42. The molecule has 2 N–H and O–H groups in total. The number of benzene rings is 1. The molecule has 98 valence electrons. The maximum absolute atomic E-state index is 8.91. The average molecular weight is 292 g/mol. The van der Waals surface area contributed by atoms with E-state index in [1.54, 1.807) is 24.3 Å². The Morgan fingerprint density at radius 3 is 2.53 bits per heavy atom. The smallest absolute Gasteiger partial charge is 0.157 e. The Morgan fingerprint density at radius 2 is 2.00 bits per heavy atom. The maximum atomic E-state index is 8.91. The first-order valence-electron chi connectivity index (χ1n) is 5.48. The highest BCUT2D eigenvalue weighted by atomic mass is 32.2. The molecule has 1 fully saturated rings. The van der Waals surface area contributed by atoms with Crippen LogP contribution >= 0.6 is 23.5 Å². The van der Waals surface area contributed by atoms with Crippen LogP contribution in [0, 0.1) is 11.3 Å². The Bertz CT molecular complexity index is 572. The van der Waals surface area contributed by atoms with Crippen molar-refractivity contribution >= 4 is 38.6 Å². The Hall–Kier alpha value is -1.65. The predicted octanol–water partition coefficient (Wildman–Crippen LogP) is 3.29. The highest BCUT2D eigenvalue weighted by Gasteiger charge is 2.38. The third-order valence-corrected chi connectivity index (χ3v) is 5.07. The van der Waals surface area contributed by atoms with Crippen LogP contribution in [0.4, 0.5) is 5.69 Å². The van der Waals surface area contributed by atoms with E-state index < -0.39 is 0 Å². The first-order valence-corrected chi connectivity index (χ1v) is 7.12. The van der Waals surface area contributed by atoms with Gasteiger partial charge in [-0.25, -0.2) is 0 Å². The van der Waals surface area contributed by atoms with Gasteiger partial charge in [0, 0.05) is 0 Å². The number of nitriles is 1. The van der Waals surface area contributed by atoms with Crippen molar-refractivity contribution in [1.29, 1.82) is 5.26 Å². The van der Waals surface area contributed by atoms with E-state index in [2.05, 4.69) is 21.8 Å². The van der Waals surface area contributed by atoms with E-state index in [9.17, 15) is 0 Å². The Morgan fingerprint density at radius 1 is 1.32 bits per heavy atom. The molecule has 2 rings (SSSR count). The molecule has 0 atom stereocenters. The molecule has 0 saturated carbocycles. The van der Waals surface area contributed by atoms with Crippen LogP contribution < -0.4 is 5.43 Å². The topological polar surface area (TPSA) is 80.8 Å². The highest BCUT2D eigenvalue weighted by molar-refractivity contribution is 8.50. The molecule has 19 heavy (non-hydrogen) atoms. The monoisotopic (exact) mass is 292 g/mol. The van der Waals surface area contributed by atoms with E-state index >= 15 is 0 Å². The number of nitrogens with one attached hydrogen (secondary N) is 1. The summed E-state index contributed by atoms with van der Waals surface area (Å²) in [5.41, 5.74) is 4.34. The van der Waals surface area contributed by atoms with Gasteiger partial charge < -0.3 is 5.21 Å². The number of thioether (sulfide) groups is 2. The lowest BCUT2D eigenvalue weighted by molar-refractivity contribution is 0.319. The van der Waals surface area contributed by atoms with Gasteiger partial charge in [-0.15, -0.1) is 0 Å². The second-order valence-electron chi connectivity index (χ2n) is 4.30. The average Bonchev–Trinajstić information content (AvgIpc) is 2.71. The summed E-state index contributed by atoms with van der Waals surface area (Å²) in [4.78, 5) is 0. The normalized spacial score (nSPS) is 21.5. The lowest BCUT2D eigenvalue weighted by atomic mass is 10.2. The van der Waals surface area contributed by atoms with E-state index in [0.717, 1.165) is 10.1 Å². The molecule has 1 aromatic carbocycles. The van der Waals surface area contributed by atoms with Crippen molar-refractivity contribution < 1.29 is 5.21 Å². The van der Waals surface area contributed by atoms with Crippen LogP contribution in [0.3, 0.4) is 0 Å². The fraction of sp³-hybridized carbons (Fsp3) is 0.250. The Balaban J connectivity index is 2.06. The van der Waals surface area contributed by atoms with Gasteiger partial charge in [0.05, 0.1) is 22.1 Å². The SMILES string of the molecule is CC1(C)SC(=NNc2ccc(C#N)cc2)SC1=NO. The second-order valence-corrected chi connectivity index (χ2v) is 7.15. The van der Waals surface area contributed by atoms with E-state index in [1.165, 1.54) is 23.5 Å². The molecule has 0 aromatic heterocycles.